The molecule has 2 N–H and O–H groups in total. The minimum Gasteiger partial charge on any atom is -0.339 e. The average Bonchev–Trinajstić information content (AvgIpc) is 2.32. The highest BCUT2D eigenvalue weighted by Gasteiger charge is 2.21. The lowest BCUT2D eigenvalue weighted by atomic mass is 10.1. The van der Waals surface area contributed by atoms with Crippen LogP contribution in [0, 0.1) is 12.7 Å². The van der Waals surface area contributed by atoms with Crippen LogP contribution in [0.3, 0.4) is 0 Å². The highest BCUT2D eigenvalue weighted by Crippen LogP contribution is 2.20. The van der Waals surface area contributed by atoms with E-state index < -0.39 is 20.7 Å². The van der Waals surface area contributed by atoms with Gasteiger partial charge in [-0.15, -0.1) is 0 Å². The lowest BCUT2D eigenvalue weighted by Crippen LogP contribution is -2.31. The third-order valence-electron chi connectivity index (χ3n) is 2.83. The third-order valence-corrected chi connectivity index (χ3v) is 3.74. The van der Waals surface area contributed by atoms with Gasteiger partial charge < -0.3 is 4.90 Å². The van der Waals surface area contributed by atoms with Crippen molar-refractivity contribution in [1.82, 2.24) is 4.90 Å². The number of nitrogens with zero attached hydrogens (tertiary/aromatic N) is 1. The molecule has 106 valence electrons. The molecular weight excluding hydrogens is 271 g/mol. The molecule has 5 nitrogen and oxygen atoms in total. The van der Waals surface area contributed by atoms with E-state index in [9.17, 15) is 17.6 Å². The van der Waals surface area contributed by atoms with Crippen LogP contribution < -0.4 is 5.14 Å². The first-order valence-corrected chi connectivity index (χ1v) is 7.39. The Hall–Kier alpha value is -1.47. The highest BCUT2D eigenvalue weighted by molar-refractivity contribution is 7.89. The summed E-state index contributed by atoms with van der Waals surface area (Å²) in [5.74, 6) is -1.27. The molecule has 0 atom stereocenters. The number of nitrogens with two attached hydrogens (primary N) is 1. The van der Waals surface area contributed by atoms with E-state index in [-0.39, 0.29) is 17.0 Å². The molecule has 0 radical (unpaired) electrons. The Morgan fingerprint density at radius 1 is 1.32 bits per heavy atom. The van der Waals surface area contributed by atoms with Gasteiger partial charge in [0, 0.05) is 18.7 Å². The summed E-state index contributed by atoms with van der Waals surface area (Å²) < 4.78 is 36.3. The maximum Gasteiger partial charge on any atom is 0.253 e. The second-order valence-electron chi connectivity index (χ2n) is 4.13. The minimum atomic E-state index is -4.20. The molecule has 0 bridgehead atoms. The maximum atomic E-state index is 13.7. The molecule has 0 aromatic heterocycles. The molecule has 1 rings (SSSR count). The van der Waals surface area contributed by atoms with Crippen LogP contribution >= 0.6 is 0 Å². The zero-order valence-electron chi connectivity index (χ0n) is 11.1. The smallest absolute Gasteiger partial charge is 0.253 e. The molecule has 0 spiro atoms. The summed E-state index contributed by atoms with van der Waals surface area (Å²) in [4.78, 5) is 13.0. The Kier molecular flexibility index (Phi) is 4.65. The zero-order chi connectivity index (χ0) is 14.8. The first-order valence-electron chi connectivity index (χ1n) is 5.84. The number of rotatable bonds is 4. The van der Waals surface area contributed by atoms with E-state index in [1.54, 1.807) is 13.8 Å². The van der Waals surface area contributed by atoms with E-state index in [0.717, 1.165) is 6.07 Å². The average molecular weight is 288 g/mol. The van der Waals surface area contributed by atoms with Crippen molar-refractivity contribution < 1.29 is 17.6 Å². The van der Waals surface area contributed by atoms with Crippen molar-refractivity contribution in [3.63, 3.8) is 0 Å². The molecule has 0 unspecified atom stereocenters. The summed E-state index contributed by atoms with van der Waals surface area (Å²) in [6, 6.07) is 2.31. The first-order chi connectivity index (χ1) is 8.72. The Morgan fingerprint density at radius 3 is 2.26 bits per heavy atom. The summed E-state index contributed by atoms with van der Waals surface area (Å²) in [5.41, 5.74) is 0.189. The van der Waals surface area contributed by atoms with E-state index in [2.05, 4.69) is 0 Å². The lowest BCUT2D eigenvalue weighted by Gasteiger charge is -2.19. The largest absolute Gasteiger partial charge is 0.339 e. The molecule has 0 fully saturated rings. The molecule has 0 aliphatic carbocycles. The van der Waals surface area contributed by atoms with E-state index >= 15 is 0 Å². The molecule has 1 aromatic rings. The van der Waals surface area contributed by atoms with Crippen LogP contribution in [0.4, 0.5) is 4.39 Å². The van der Waals surface area contributed by atoms with Gasteiger partial charge in [0.25, 0.3) is 5.91 Å². The molecule has 1 amide bonds. The SMILES string of the molecule is CCN(CC)C(=O)c1cc(C)c(F)c(S(N)(=O)=O)c1. The third kappa shape index (κ3) is 3.30. The Bertz CT molecular complexity index is 595. The van der Waals surface area contributed by atoms with Crippen molar-refractivity contribution >= 4 is 15.9 Å². The number of carbonyl (C=O) groups is 1. The second kappa shape index (κ2) is 5.66. The number of amides is 1. The number of sulfonamides is 1. The van der Waals surface area contributed by atoms with Crippen LogP contribution in [0.1, 0.15) is 29.8 Å². The molecule has 0 saturated heterocycles. The lowest BCUT2D eigenvalue weighted by molar-refractivity contribution is 0.0772. The summed E-state index contributed by atoms with van der Waals surface area (Å²) in [5, 5.41) is 4.94. The number of halogens is 1. The van der Waals surface area contributed by atoms with Crippen molar-refractivity contribution in [1.29, 1.82) is 0 Å². The summed E-state index contributed by atoms with van der Waals surface area (Å²) >= 11 is 0. The summed E-state index contributed by atoms with van der Waals surface area (Å²) in [7, 11) is -4.20. The van der Waals surface area contributed by atoms with E-state index in [1.807, 2.05) is 0 Å². The molecule has 19 heavy (non-hydrogen) atoms. The van der Waals surface area contributed by atoms with E-state index in [4.69, 9.17) is 5.14 Å². The Balaban J connectivity index is 3.40. The van der Waals surface area contributed by atoms with Crippen LogP contribution in [-0.2, 0) is 10.0 Å². The van der Waals surface area contributed by atoms with Crippen LogP contribution in [-0.4, -0.2) is 32.3 Å². The fourth-order valence-corrected chi connectivity index (χ4v) is 2.46. The molecule has 0 aliphatic rings. The predicted octanol–water partition coefficient (Wildman–Crippen LogP) is 1.26. The van der Waals surface area contributed by atoms with Gasteiger partial charge in [-0.1, -0.05) is 0 Å². The van der Waals surface area contributed by atoms with Gasteiger partial charge in [0.2, 0.25) is 10.0 Å². The van der Waals surface area contributed by atoms with Gasteiger partial charge in [0.1, 0.15) is 10.7 Å². The van der Waals surface area contributed by atoms with Gasteiger partial charge in [-0.2, -0.15) is 0 Å². The second-order valence-corrected chi connectivity index (χ2v) is 5.66. The molecule has 0 aliphatic heterocycles. The normalized spacial score (nSPS) is 11.4. The fourth-order valence-electron chi connectivity index (χ4n) is 1.76. The number of hydrogen-bond donors (Lipinski definition) is 1. The number of aryl methyl sites for hydroxylation is 1. The predicted molar refractivity (Wildman–Crippen MR) is 69.8 cm³/mol. The minimum absolute atomic E-state index is 0.0713. The van der Waals surface area contributed by atoms with E-state index in [0.29, 0.717) is 13.1 Å². The monoisotopic (exact) mass is 288 g/mol. The van der Waals surface area contributed by atoms with Gasteiger partial charge in [-0.25, -0.2) is 17.9 Å². The van der Waals surface area contributed by atoms with Crippen molar-refractivity contribution in [3.8, 4) is 0 Å². The zero-order valence-corrected chi connectivity index (χ0v) is 11.9. The van der Waals surface area contributed by atoms with E-state index in [1.165, 1.54) is 17.9 Å². The van der Waals surface area contributed by atoms with Crippen molar-refractivity contribution in [3.05, 3.63) is 29.1 Å². The van der Waals surface area contributed by atoms with Crippen molar-refractivity contribution in [2.45, 2.75) is 25.7 Å². The van der Waals surface area contributed by atoms with Crippen LogP contribution in [0.5, 0.6) is 0 Å². The number of primary sulfonamides is 1. The molecule has 0 saturated carbocycles. The van der Waals surface area contributed by atoms with Crippen LogP contribution in [0.2, 0.25) is 0 Å². The Morgan fingerprint density at radius 2 is 1.84 bits per heavy atom. The number of benzene rings is 1. The van der Waals surface area contributed by atoms with Crippen molar-refractivity contribution in [2.75, 3.05) is 13.1 Å². The molecule has 7 heteroatoms. The van der Waals surface area contributed by atoms with Gasteiger partial charge in [0.05, 0.1) is 0 Å². The van der Waals surface area contributed by atoms with Gasteiger partial charge in [0.15, 0.2) is 0 Å². The van der Waals surface area contributed by atoms with Gasteiger partial charge in [-0.05, 0) is 38.5 Å². The maximum absolute atomic E-state index is 13.7. The molecular formula is C12H17FN2O3S. The molecule has 1 aromatic carbocycles. The van der Waals surface area contributed by atoms with Crippen molar-refractivity contribution in [2.24, 2.45) is 5.14 Å². The Labute approximate surface area is 112 Å². The number of hydrogen-bond acceptors (Lipinski definition) is 3. The standard InChI is InChI=1S/C12H17FN2O3S/c1-4-15(5-2)12(16)9-6-8(3)11(13)10(7-9)19(14,17)18/h6-7H,4-5H2,1-3H3,(H2,14,17,18). The molecule has 0 heterocycles. The summed E-state index contributed by atoms with van der Waals surface area (Å²) in [6.07, 6.45) is 0. The first kappa shape index (κ1) is 15.6. The van der Waals surface area contributed by atoms with Crippen LogP contribution in [0.15, 0.2) is 17.0 Å². The highest BCUT2D eigenvalue weighted by atomic mass is 32.2. The van der Waals surface area contributed by atoms with Crippen LogP contribution in [0.25, 0.3) is 0 Å². The quantitative estimate of drug-likeness (QED) is 0.905. The topological polar surface area (TPSA) is 80.5 Å². The van der Waals surface area contributed by atoms with Gasteiger partial charge in [-0.3, -0.25) is 4.79 Å². The fraction of sp³-hybridized carbons (Fsp3) is 0.417. The summed E-state index contributed by atoms with van der Waals surface area (Å²) in [6.45, 7) is 5.96. The number of carbonyl (C=O) groups excluding carboxylic acids is 1. The van der Waals surface area contributed by atoms with Gasteiger partial charge >= 0.3 is 0 Å².